The molecule has 0 aliphatic heterocycles. The number of carboxylic acids is 1. The molecule has 27 heavy (non-hydrogen) atoms. The lowest BCUT2D eigenvalue weighted by Crippen LogP contribution is -2.51. The van der Waals surface area contributed by atoms with Crippen LogP contribution >= 0.6 is 0 Å². The number of nitrogen functional groups attached to an aromatic ring is 1. The zero-order valence-electron chi connectivity index (χ0n) is 15.9. The van der Waals surface area contributed by atoms with E-state index in [4.69, 9.17) is 10.5 Å². The summed E-state index contributed by atoms with van der Waals surface area (Å²) in [7, 11) is 0. The van der Waals surface area contributed by atoms with Crippen LogP contribution < -0.4 is 11.1 Å². The predicted molar refractivity (Wildman–Crippen MR) is 104 cm³/mol. The molecule has 0 heterocycles. The molecule has 0 saturated carbocycles. The van der Waals surface area contributed by atoms with Crippen molar-refractivity contribution in [1.82, 2.24) is 5.32 Å². The van der Waals surface area contributed by atoms with Gasteiger partial charge in [0.1, 0.15) is 6.61 Å². The Morgan fingerprint density at radius 3 is 2.52 bits per heavy atom. The summed E-state index contributed by atoms with van der Waals surface area (Å²) in [5.41, 5.74) is 8.17. The van der Waals surface area contributed by atoms with Gasteiger partial charge in [-0.1, -0.05) is 43.3 Å². The van der Waals surface area contributed by atoms with E-state index in [0.717, 1.165) is 16.7 Å². The van der Waals surface area contributed by atoms with Gasteiger partial charge >= 0.3 is 12.1 Å². The van der Waals surface area contributed by atoms with Gasteiger partial charge in [0.05, 0.1) is 12.0 Å². The first-order valence-electron chi connectivity index (χ1n) is 8.78. The third-order valence-electron chi connectivity index (χ3n) is 4.84. The highest BCUT2D eigenvalue weighted by molar-refractivity contribution is 5.73. The zero-order chi connectivity index (χ0) is 20.0. The monoisotopic (exact) mass is 370 g/mol. The Hall–Kier alpha value is -3.02. The van der Waals surface area contributed by atoms with Crippen molar-refractivity contribution in [3.8, 4) is 0 Å². The SMILES string of the molecule is Cc1ccc(N)cc1C(C)[C@](C)(CC(=O)O)NC(=O)OCc1ccccc1. The second-order valence-corrected chi connectivity index (χ2v) is 7.01. The minimum absolute atomic E-state index is 0.113. The highest BCUT2D eigenvalue weighted by Gasteiger charge is 2.37. The largest absolute Gasteiger partial charge is 0.481 e. The summed E-state index contributed by atoms with van der Waals surface area (Å²) in [5, 5.41) is 12.1. The quantitative estimate of drug-likeness (QED) is 0.643. The Bertz CT molecular complexity index is 807. The van der Waals surface area contributed by atoms with Crippen LogP contribution in [0.5, 0.6) is 0 Å². The second-order valence-electron chi connectivity index (χ2n) is 7.01. The van der Waals surface area contributed by atoms with E-state index < -0.39 is 17.6 Å². The van der Waals surface area contributed by atoms with Gasteiger partial charge in [0.2, 0.25) is 0 Å². The Balaban J connectivity index is 2.17. The average molecular weight is 370 g/mol. The van der Waals surface area contributed by atoms with E-state index in [-0.39, 0.29) is 18.9 Å². The van der Waals surface area contributed by atoms with Crippen LogP contribution in [0.25, 0.3) is 0 Å². The van der Waals surface area contributed by atoms with E-state index in [1.54, 1.807) is 13.0 Å². The molecular weight excluding hydrogens is 344 g/mol. The van der Waals surface area contributed by atoms with Gasteiger partial charge in [-0.25, -0.2) is 4.79 Å². The van der Waals surface area contributed by atoms with Crippen LogP contribution in [0.1, 0.15) is 42.9 Å². The highest BCUT2D eigenvalue weighted by Crippen LogP contribution is 2.34. The summed E-state index contributed by atoms with van der Waals surface area (Å²) in [4.78, 5) is 23.8. The lowest BCUT2D eigenvalue weighted by Gasteiger charge is -2.36. The van der Waals surface area contributed by atoms with Gasteiger partial charge in [0.25, 0.3) is 0 Å². The molecule has 0 radical (unpaired) electrons. The molecule has 2 aromatic carbocycles. The summed E-state index contributed by atoms with van der Waals surface area (Å²) in [6, 6.07) is 14.8. The summed E-state index contributed by atoms with van der Waals surface area (Å²) in [5.74, 6) is -1.30. The lowest BCUT2D eigenvalue weighted by molar-refractivity contribution is -0.138. The van der Waals surface area contributed by atoms with Gasteiger partial charge in [-0.3, -0.25) is 4.79 Å². The average Bonchev–Trinajstić information content (AvgIpc) is 2.61. The van der Waals surface area contributed by atoms with Crippen LogP contribution in [0.3, 0.4) is 0 Å². The lowest BCUT2D eigenvalue weighted by atomic mass is 9.78. The maximum Gasteiger partial charge on any atom is 0.407 e. The van der Waals surface area contributed by atoms with E-state index in [0.29, 0.717) is 5.69 Å². The minimum atomic E-state index is -1.04. The van der Waals surface area contributed by atoms with Crippen molar-refractivity contribution in [3.63, 3.8) is 0 Å². The van der Waals surface area contributed by atoms with Gasteiger partial charge in [-0.05, 0) is 42.7 Å². The highest BCUT2D eigenvalue weighted by atomic mass is 16.5. The number of aliphatic carboxylic acids is 1. The first-order valence-corrected chi connectivity index (χ1v) is 8.78. The number of hydrogen-bond acceptors (Lipinski definition) is 4. The Morgan fingerprint density at radius 2 is 1.89 bits per heavy atom. The smallest absolute Gasteiger partial charge is 0.407 e. The number of carboxylic acid groups (broad SMARTS) is 1. The van der Waals surface area contributed by atoms with Crippen molar-refractivity contribution in [1.29, 1.82) is 0 Å². The maximum absolute atomic E-state index is 12.4. The molecule has 0 spiro atoms. The fourth-order valence-electron chi connectivity index (χ4n) is 3.08. The molecule has 0 fully saturated rings. The number of ether oxygens (including phenoxy) is 1. The summed E-state index contributed by atoms with van der Waals surface area (Å²) in [6.07, 6.45) is -0.904. The molecule has 144 valence electrons. The van der Waals surface area contributed by atoms with E-state index >= 15 is 0 Å². The molecule has 2 rings (SSSR count). The van der Waals surface area contributed by atoms with Gasteiger partial charge < -0.3 is 20.9 Å². The molecule has 6 heteroatoms. The molecular formula is C21H26N2O4. The number of carbonyl (C=O) groups is 2. The Morgan fingerprint density at radius 1 is 1.22 bits per heavy atom. The fraction of sp³-hybridized carbons (Fsp3) is 0.333. The number of alkyl carbamates (subject to hydrolysis) is 1. The molecule has 2 aromatic rings. The van der Waals surface area contributed by atoms with Gasteiger partial charge in [0.15, 0.2) is 0 Å². The van der Waals surface area contributed by atoms with E-state index in [2.05, 4.69) is 5.32 Å². The van der Waals surface area contributed by atoms with E-state index in [1.165, 1.54) is 0 Å². The molecule has 0 aromatic heterocycles. The maximum atomic E-state index is 12.4. The van der Waals surface area contributed by atoms with Crippen molar-refractivity contribution in [2.75, 3.05) is 5.73 Å². The summed E-state index contributed by atoms with van der Waals surface area (Å²) >= 11 is 0. The zero-order valence-corrected chi connectivity index (χ0v) is 15.9. The number of amides is 1. The Kier molecular flexibility index (Phi) is 6.45. The molecule has 0 aliphatic carbocycles. The van der Waals surface area contributed by atoms with Crippen LogP contribution in [0.2, 0.25) is 0 Å². The summed E-state index contributed by atoms with van der Waals surface area (Å²) in [6.45, 7) is 5.63. The van der Waals surface area contributed by atoms with Crippen molar-refractivity contribution in [3.05, 3.63) is 65.2 Å². The molecule has 0 aliphatic rings. The number of benzene rings is 2. The van der Waals surface area contributed by atoms with Crippen LogP contribution in [-0.4, -0.2) is 22.7 Å². The first kappa shape index (κ1) is 20.3. The third kappa shape index (κ3) is 5.48. The molecule has 1 amide bonds. The first-order chi connectivity index (χ1) is 12.7. The fourth-order valence-corrected chi connectivity index (χ4v) is 3.08. The van der Waals surface area contributed by atoms with Crippen molar-refractivity contribution < 1.29 is 19.4 Å². The Labute approximate surface area is 159 Å². The number of carbonyl (C=O) groups excluding carboxylic acids is 1. The number of hydrogen-bond donors (Lipinski definition) is 3. The normalized spacial score (nSPS) is 14.0. The van der Waals surface area contributed by atoms with Crippen molar-refractivity contribution >= 4 is 17.7 Å². The van der Waals surface area contributed by atoms with Crippen LogP contribution in [-0.2, 0) is 16.1 Å². The van der Waals surface area contributed by atoms with Gasteiger partial charge in [0, 0.05) is 11.6 Å². The van der Waals surface area contributed by atoms with Gasteiger partial charge in [-0.15, -0.1) is 0 Å². The van der Waals surface area contributed by atoms with Crippen molar-refractivity contribution in [2.45, 2.75) is 45.3 Å². The molecule has 1 unspecified atom stereocenters. The number of nitrogens with two attached hydrogens (primary N) is 1. The van der Waals surface area contributed by atoms with E-state index in [1.807, 2.05) is 56.3 Å². The van der Waals surface area contributed by atoms with Gasteiger partial charge in [-0.2, -0.15) is 0 Å². The number of rotatable bonds is 7. The molecule has 0 saturated heterocycles. The van der Waals surface area contributed by atoms with Crippen LogP contribution in [0.4, 0.5) is 10.5 Å². The second kappa shape index (κ2) is 8.58. The van der Waals surface area contributed by atoms with Crippen molar-refractivity contribution in [2.24, 2.45) is 0 Å². The topological polar surface area (TPSA) is 102 Å². The molecule has 4 N–H and O–H groups in total. The molecule has 2 atom stereocenters. The van der Waals surface area contributed by atoms with E-state index in [9.17, 15) is 14.7 Å². The third-order valence-corrected chi connectivity index (χ3v) is 4.84. The summed E-state index contributed by atoms with van der Waals surface area (Å²) < 4.78 is 5.28. The molecule has 6 nitrogen and oxygen atoms in total. The predicted octanol–water partition coefficient (Wildman–Crippen LogP) is 3.84. The number of anilines is 1. The number of aryl methyl sites for hydroxylation is 1. The van der Waals surface area contributed by atoms with Crippen LogP contribution in [0, 0.1) is 6.92 Å². The van der Waals surface area contributed by atoms with Crippen LogP contribution in [0.15, 0.2) is 48.5 Å². The molecule has 0 bridgehead atoms. The minimum Gasteiger partial charge on any atom is -0.481 e. The standard InChI is InChI=1S/C21H26N2O4/c1-14-9-10-17(22)11-18(14)15(2)21(3,12-19(24)25)23-20(26)27-13-16-7-5-4-6-8-16/h4-11,15H,12-13,22H2,1-3H3,(H,23,26)(H,24,25)/t15?,21-/m0/s1. The number of nitrogens with one attached hydrogen (secondary N) is 1.